The Morgan fingerprint density at radius 1 is 1.32 bits per heavy atom. The fourth-order valence-electron chi connectivity index (χ4n) is 2.47. The lowest BCUT2D eigenvalue weighted by Gasteiger charge is -2.13. The summed E-state index contributed by atoms with van der Waals surface area (Å²) in [5.74, 6) is 0.846. The molecule has 1 aliphatic rings. The number of anilines is 1. The van der Waals surface area contributed by atoms with Crippen LogP contribution in [0.2, 0.25) is 0 Å². The predicted octanol–water partition coefficient (Wildman–Crippen LogP) is 1.89. The number of nitrogens with two attached hydrogens (primary N) is 2. The number of nitrogens with one attached hydrogen (secondary N) is 2. The Balaban J connectivity index is 1.97. The summed E-state index contributed by atoms with van der Waals surface area (Å²) in [4.78, 5) is 21.1. The minimum absolute atomic E-state index is 0.00256. The zero-order valence-electron chi connectivity index (χ0n) is 14.5. The minimum Gasteiger partial charge on any atom is -0.442 e. The molecule has 1 amide bonds. The van der Waals surface area contributed by atoms with E-state index >= 15 is 0 Å². The number of rotatable bonds is 5. The molecule has 1 aliphatic carbocycles. The van der Waals surface area contributed by atoms with Gasteiger partial charge in [-0.1, -0.05) is 0 Å². The van der Waals surface area contributed by atoms with Gasteiger partial charge < -0.3 is 26.5 Å². The first-order valence-corrected chi connectivity index (χ1v) is 8.02. The van der Waals surface area contributed by atoms with E-state index in [-0.39, 0.29) is 17.3 Å². The van der Waals surface area contributed by atoms with E-state index in [9.17, 15) is 4.79 Å². The summed E-state index contributed by atoms with van der Waals surface area (Å²) in [6.45, 7) is 5.55. The van der Waals surface area contributed by atoms with Crippen LogP contribution in [0.15, 0.2) is 34.4 Å². The van der Waals surface area contributed by atoms with Crippen LogP contribution in [0.3, 0.4) is 0 Å². The standard InChI is InChI=1S/C17H22N6O2/c1-9(18)4-5-11(19)22-15(24)12-10(2)25-16-13(12)14(20-8-21-16)23-17(3)6-7-17/h4-5,8H,6-7,18-19H2,1-3H3,(H,22,24)(H,20,21,23)/b9-4-,11-5+. The Kier molecular flexibility index (Phi) is 4.12. The van der Waals surface area contributed by atoms with Crippen molar-refractivity contribution in [2.75, 3.05) is 5.32 Å². The molecule has 25 heavy (non-hydrogen) atoms. The summed E-state index contributed by atoms with van der Waals surface area (Å²) in [5, 5.41) is 6.57. The summed E-state index contributed by atoms with van der Waals surface area (Å²) in [5.41, 5.74) is 12.7. The molecule has 0 unspecified atom stereocenters. The average molecular weight is 342 g/mol. The summed E-state index contributed by atoms with van der Waals surface area (Å²) < 4.78 is 5.63. The van der Waals surface area contributed by atoms with Gasteiger partial charge in [0.25, 0.3) is 5.91 Å². The molecule has 3 rings (SSSR count). The third-order valence-electron chi connectivity index (χ3n) is 4.10. The van der Waals surface area contributed by atoms with E-state index in [1.807, 2.05) is 0 Å². The van der Waals surface area contributed by atoms with Crippen molar-refractivity contribution in [2.24, 2.45) is 11.5 Å². The van der Waals surface area contributed by atoms with Crippen LogP contribution in [0.1, 0.15) is 42.8 Å². The van der Waals surface area contributed by atoms with E-state index in [0.29, 0.717) is 33.9 Å². The van der Waals surface area contributed by atoms with Crippen LogP contribution in [-0.2, 0) is 0 Å². The van der Waals surface area contributed by atoms with E-state index in [0.717, 1.165) is 12.8 Å². The third kappa shape index (κ3) is 3.57. The molecule has 132 valence electrons. The van der Waals surface area contributed by atoms with Crippen molar-refractivity contribution >= 4 is 22.8 Å². The second-order valence-electron chi connectivity index (χ2n) is 6.61. The number of allylic oxidation sites excluding steroid dienone is 3. The average Bonchev–Trinajstić information content (AvgIpc) is 3.14. The van der Waals surface area contributed by atoms with Gasteiger partial charge in [-0.15, -0.1) is 0 Å². The molecule has 0 spiro atoms. The van der Waals surface area contributed by atoms with Crippen molar-refractivity contribution in [2.45, 2.75) is 39.2 Å². The van der Waals surface area contributed by atoms with Gasteiger partial charge in [-0.25, -0.2) is 9.97 Å². The fourth-order valence-corrected chi connectivity index (χ4v) is 2.47. The smallest absolute Gasteiger partial charge is 0.261 e. The van der Waals surface area contributed by atoms with E-state index in [1.165, 1.54) is 12.4 Å². The lowest BCUT2D eigenvalue weighted by molar-refractivity contribution is 0.0965. The van der Waals surface area contributed by atoms with Crippen molar-refractivity contribution in [3.63, 3.8) is 0 Å². The van der Waals surface area contributed by atoms with Crippen LogP contribution in [-0.4, -0.2) is 21.4 Å². The molecule has 0 bridgehead atoms. The van der Waals surface area contributed by atoms with Gasteiger partial charge in [-0.3, -0.25) is 4.79 Å². The predicted molar refractivity (Wildman–Crippen MR) is 95.5 cm³/mol. The van der Waals surface area contributed by atoms with Crippen LogP contribution in [0.4, 0.5) is 5.82 Å². The zero-order chi connectivity index (χ0) is 18.2. The summed E-state index contributed by atoms with van der Waals surface area (Å²) in [6.07, 6.45) is 6.67. The number of nitrogens with zero attached hydrogens (tertiary/aromatic N) is 2. The maximum Gasteiger partial charge on any atom is 0.261 e. The molecule has 1 fully saturated rings. The molecule has 0 aromatic carbocycles. The Morgan fingerprint density at radius 2 is 2.04 bits per heavy atom. The number of hydrogen-bond donors (Lipinski definition) is 4. The van der Waals surface area contributed by atoms with Crippen LogP contribution in [0.25, 0.3) is 11.1 Å². The lowest BCUT2D eigenvalue weighted by Crippen LogP contribution is -2.28. The Morgan fingerprint density at radius 3 is 2.68 bits per heavy atom. The van der Waals surface area contributed by atoms with Crippen molar-refractivity contribution < 1.29 is 9.21 Å². The van der Waals surface area contributed by atoms with Crippen LogP contribution < -0.4 is 22.1 Å². The van der Waals surface area contributed by atoms with Crippen molar-refractivity contribution in [1.82, 2.24) is 15.3 Å². The molecule has 2 aromatic heterocycles. The summed E-state index contributed by atoms with van der Waals surface area (Å²) >= 11 is 0. The van der Waals surface area contributed by atoms with E-state index in [1.54, 1.807) is 19.9 Å². The van der Waals surface area contributed by atoms with Gasteiger partial charge in [0.15, 0.2) is 0 Å². The summed E-state index contributed by atoms with van der Waals surface area (Å²) in [7, 11) is 0. The Hall–Kier alpha value is -3.03. The van der Waals surface area contributed by atoms with Gasteiger partial charge in [0.1, 0.15) is 23.7 Å². The number of hydrogen-bond acceptors (Lipinski definition) is 7. The molecule has 0 radical (unpaired) electrons. The number of fused-ring (bicyclic) bond motifs is 1. The molecular weight excluding hydrogens is 320 g/mol. The fraction of sp³-hybridized carbons (Fsp3) is 0.353. The second kappa shape index (κ2) is 6.12. The maximum atomic E-state index is 12.7. The van der Waals surface area contributed by atoms with Crippen molar-refractivity contribution in [3.05, 3.63) is 41.3 Å². The van der Waals surface area contributed by atoms with Gasteiger partial charge in [-0.2, -0.15) is 0 Å². The second-order valence-corrected chi connectivity index (χ2v) is 6.61. The van der Waals surface area contributed by atoms with Gasteiger partial charge in [0.05, 0.1) is 10.9 Å². The van der Waals surface area contributed by atoms with Crippen molar-refractivity contribution in [3.8, 4) is 0 Å². The zero-order valence-corrected chi connectivity index (χ0v) is 14.5. The highest BCUT2D eigenvalue weighted by Gasteiger charge is 2.38. The van der Waals surface area contributed by atoms with E-state index in [4.69, 9.17) is 15.9 Å². The number of aromatic nitrogens is 2. The highest BCUT2D eigenvalue weighted by Crippen LogP contribution is 2.40. The number of carbonyl (C=O) groups excluding carboxylic acids is 1. The molecule has 0 saturated heterocycles. The van der Waals surface area contributed by atoms with Gasteiger partial charge >= 0.3 is 0 Å². The lowest BCUT2D eigenvalue weighted by atomic mass is 10.1. The van der Waals surface area contributed by atoms with E-state index in [2.05, 4.69) is 27.5 Å². The van der Waals surface area contributed by atoms with Crippen LogP contribution >= 0.6 is 0 Å². The summed E-state index contributed by atoms with van der Waals surface area (Å²) in [6, 6.07) is 0. The minimum atomic E-state index is -0.383. The molecule has 1 saturated carbocycles. The first-order valence-electron chi connectivity index (χ1n) is 8.02. The molecule has 2 aromatic rings. The molecule has 8 heteroatoms. The largest absolute Gasteiger partial charge is 0.442 e. The first-order chi connectivity index (χ1) is 11.8. The quantitative estimate of drug-likeness (QED) is 0.610. The highest BCUT2D eigenvalue weighted by atomic mass is 16.3. The van der Waals surface area contributed by atoms with Crippen LogP contribution in [0, 0.1) is 6.92 Å². The molecule has 0 aliphatic heterocycles. The number of carbonyl (C=O) groups is 1. The maximum absolute atomic E-state index is 12.7. The molecule has 6 N–H and O–H groups in total. The number of aryl methyl sites for hydroxylation is 1. The first kappa shape index (κ1) is 16.8. The van der Waals surface area contributed by atoms with Crippen molar-refractivity contribution in [1.29, 1.82) is 0 Å². The van der Waals surface area contributed by atoms with Gasteiger partial charge in [-0.05, 0) is 45.8 Å². The SMILES string of the molecule is C/C(N)=C/C=C(\N)NC(=O)c1c(C)oc2ncnc(NC3(C)CC3)c12. The third-order valence-corrected chi connectivity index (χ3v) is 4.10. The Bertz CT molecular complexity index is 888. The normalized spacial score (nSPS) is 16.8. The molecule has 2 heterocycles. The monoisotopic (exact) mass is 342 g/mol. The Labute approximate surface area is 145 Å². The number of amides is 1. The topological polar surface area (TPSA) is 132 Å². The molecule has 0 atom stereocenters. The van der Waals surface area contributed by atoms with Gasteiger partial charge in [0, 0.05) is 11.2 Å². The molecule has 8 nitrogen and oxygen atoms in total. The van der Waals surface area contributed by atoms with Crippen LogP contribution in [0.5, 0.6) is 0 Å². The van der Waals surface area contributed by atoms with E-state index < -0.39 is 0 Å². The number of furan rings is 1. The van der Waals surface area contributed by atoms with Gasteiger partial charge in [0.2, 0.25) is 5.71 Å². The highest BCUT2D eigenvalue weighted by molar-refractivity contribution is 6.10. The molecular formula is C17H22N6O2.